The fourth-order valence-electron chi connectivity index (χ4n) is 1.94. The lowest BCUT2D eigenvalue weighted by Crippen LogP contribution is -2.24. The van der Waals surface area contributed by atoms with Crippen LogP contribution in [0.5, 0.6) is 5.75 Å². The molecule has 8 nitrogen and oxygen atoms in total. The highest BCUT2D eigenvalue weighted by Crippen LogP contribution is 2.25. The van der Waals surface area contributed by atoms with Crippen molar-refractivity contribution >= 4 is 23.5 Å². The van der Waals surface area contributed by atoms with Crippen molar-refractivity contribution < 1.29 is 14.5 Å². The molecule has 0 aliphatic carbocycles. The molecule has 0 saturated heterocycles. The van der Waals surface area contributed by atoms with Gasteiger partial charge in [-0.3, -0.25) is 14.9 Å². The third-order valence-electron chi connectivity index (χ3n) is 3.23. The number of rotatable bonds is 7. The summed E-state index contributed by atoms with van der Waals surface area (Å²) in [6, 6.07) is 13.5. The number of nitro groups is 1. The number of amides is 1. The first kappa shape index (κ1) is 17.9. The summed E-state index contributed by atoms with van der Waals surface area (Å²) in [5.74, 6) is -0.481. The van der Waals surface area contributed by atoms with Crippen molar-refractivity contribution in [2.75, 3.05) is 25.6 Å². The van der Waals surface area contributed by atoms with E-state index in [9.17, 15) is 14.9 Å². The van der Waals surface area contributed by atoms with Gasteiger partial charge in [0.25, 0.3) is 5.91 Å². The van der Waals surface area contributed by atoms with E-state index in [4.69, 9.17) is 4.74 Å². The molecule has 0 atom stereocenters. The summed E-state index contributed by atoms with van der Waals surface area (Å²) in [7, 11) is 3.89. The van der Waals surface area contributed by atoms with E-state index < -0.39 is 10.8 Å². The highest BCUT2D eigenvalue weighted by atomic mass is 16.6. The van der Waals surface area contributed by atoms with Gasteiger partial charge in [0.2, 0.25) is 0 Å². The van der Waals surface area contributed by atoms with Crippen LogP contribution in [0.4, 0.5) is 11.4 Å². The van der Waals surface area contributed by atoms with E-state index in [1.54, 1.807) is 6.07 Å². The molecule has 0 saturated carbocycles. The van der Waals surface area contributed by atoms with Crippen LogP contribution in [0.3, 0.4) is 0 Å². The number of hydrogen-bond donors (Lipinski definition) is 1. The second kappa shape index (κ2) is 8.44. The minimum atomic E-state index is -0.567. The van der Waals surface area contributed by atoms with Gasteiger partial charge in [0.15, 0.2) is 12.4 Å². The maximum Gasteiger partial charge on any atom is 0.310 e. The van der Waals surface area contributed by atoms with E-state index in [0.717, 1.165) is 11.3 Å². The van der Waals surface area contributed by atoms with Crippen LogP contribution in [-0.2, 0) is 4.79 Å². The molecule has 0 aliphatic rings. The molecule has 8 heteroatoms. The highest BCUT2D eigenvalue weighted by molar-refractivity contribution is 5.83. The van der Waals surface area contributed by atoms with Crippen molar-refractivity contribution in [1.29, 1.82) is 0 Å². The van der Waals surface area contributed by atoms with Crippen molar-refractivity contribution in [3.05, 3.63) is 64.2 Å². The van der Waals surface area contributed by atoms with Crippen LogP contribution in [-0.4, -0.2) is 37.7 Å². The molecule has 0 unspecified atom stereocenters. The Morgan fingerprint density at radius 3 is 2.56 bits per heavy atom. The first-order valence-electron chi connectivity index (χ1n) is 7.43. The average molecular weight is 342 g/mol. The van der Waals surface area contributed by atoms with Gasteiger partial charge in [-0.2, -0.15) is 5.10 Å². The van der Waals surface area contributed by atoms with Crippen molar-refractivity contribution in [3.63, 3.8) is 0 Å². The van der Waals surface area contributed by atoms with E-state index in [1.807, 2.05) is 43.3 Å². The molecule has 0 aliphatic heterocycles. The van der Waals surface area contributed by atoms with Gasteiger partial charge in [-0.05, 0) is 23.8 Å². The normalized spacial score (nSPS) is 10.5. The van der Waals surface area contributed by atoms with E-state index in [2.05, 4.69) is 10.5 Å². The Bertz CT molecular complexity index is 772. The molecule has 2 aromatic carbocycles. The van der Waals surface area contributed by atoms with Gasteiger partial charge in [0.05, 0.1) is 11.1 Å². The van der Waals surface area contributed by atoms with Crippen LogP contribution in [0, 0.1) is 10.1 Å². The summed E-state index contributed by atoms with van der Waals surface area (Å²) in [6.07, 6.45) is 1.50. The Hall–Kier alpha value is -3.42. The van der Waals surface area contributed by atoms with Crippen molar-refractivity contribution in [3.8, 4) is 5.75 Å². The minimum absolute atomic E-state index is 0.0332. The molecule has 2 aromatic rings. The second-order valence-electron chi connectivity index (χ2n) is 5.29. The molecule has 0 fully saturated rings. The van der Waals surface area contributed by atoms with Crippen LogP contribution >= 0.6 is 0 Å². The predicted molar refractivity (Wildman–Crippen MR) is 95.1 cm³/mol. The quantitative estimate of drug-likeness (QED) is 0.472. The summed E-state index contributed by atoms with van der Waals surface area (Å²) in [4.78, 5) is 24.0. The number of anilines is 1. The Kier molecular flexibility index (Phi) is 6.05. The average Bonchev–Trinajstić information content (AvgIpc) is 2.60. The summed E-state index contributed by atoms with van der Waals surface area (Å²) in [5.41, 5.74) is 4.00. The number of para-hydroxylation sites is 2. The molecule has 0 radical (unpaired) electrons. The lowest BCUT2D eigenvalue weighted by Gasteiger charge is -2.11. The van der Waals surface area contributed by atoms with E-state index >= 15 is 0 Å². The summed E-state index contributed by atoms with van der Waals surface area (Å²) in [6.45, 7) is -0.373. The Balaban J connectivity index is 1.85. The smallest absolute Gasteiger partial charge is 0.310 e. The lowest BCUT2D eigenvalue weighted by atomic mass is 10.2. The van der Waals surface area contributed by atoms with Gasteiger partial charge in [-0.25, -0.2) is 5.43 Å². The zero-order chi connectivity index (χ0) is 18.2. The monoisotopic (exact) mass is 342 g/mol. The standard InChI is InChI=1S/C17H18N4O4/c1-20(2)14-9-7-13(8-10-14)11-18-19-17(22)12-25-16-6-4-3-5-15(16)21(23)24/h3-11H,12H2,1-2H3,(H,19,22). The number of hydrazone groups is 1. The largest absolute Gasteiger partial charge is 0.477 e. The highest BCUT2D eigenvalue weighted by Gasteiger charge is 2.14. The molecular formula is C17H18N4O4. The van der Waals surface area contributed by atoms with Gasteiger partial charge < -0.3 is 9.64 Å². The molecule has 0 aromatic heterocycles. The zero-order valence-corrected chi connectivity index (χ0v) is 13.9. The predicted octanol–water partition coefficient (Wildman–Crippen LogP) is 2.19. The van der Waals surface area contributed by atoms with E-state index in [0.29, 0.717) is 0 Å². The third-order valence-corrected chi connectivity index (χ3v) is 3.23. The molecule has 2 rings (SSSR count). The minimum Gasteiger partial charge on any atom is -0.477 e. The number of nitrogens with zero attached hydrogens (tertiary/aromatic N) is 3. The molecule has 0 spiro atoms. The van der Waals surface area contributed by atoms with Crippen LogP contribution in [0.25, 0.3) is 0 Å². The van der Waals surface area contributed by atoms with E-state index in [1.165, 1.54) is 24.4 Å². The molecular weight excluding hydrogens is 324 g/mol. The SMILES string of the molecule is CN(C)c1ccc(C=NNC(=O)COc2ccccc2[N+](=O)[O-])cc1. The van der Waals surface area contributed by atoms with Crippen LogP contribution in [0.15, 0.2) is 53.6 Å². The Labute approximate surface area is 144 Å². The lowest BCUT2D eigenvalue weighted by molar-refractivity contribution is -0.385. The summed E-state index contributed by atoms with van der Waals surface area (Å²) >= 11 is 0. The fraction of sp³-hybridized carbons (Fsp3) is 0.176. The summed E-state index contributed by atoms with van der Waals surface area (Å²) in [5, 5.41) is 14.7. The van der Waals surface area contributed by atoms with Gasteiger partial charge in [0, 0.05) is 25.8 Å². The number of nitro benzene ring substituents is 1. The van der Waals surface area contributed by atoms with Crippen molar-refractivity contribution in [2.24, 2.45) is 5.10 Å². The number of nitrogens with one attached hydrogen (secondary N) is 1. The van der Waals surface area contributed by atoms with Crippen LogP contribution in [0.2, 0.25) is 0 Å². The Morgan fingerprint density at radius 1 is 1.24 bits per heavy atom. The van der Waals surface area contributed by atoms with Crippen LogP contribution in [0.1, 0.15) is 5.56 Å². The number of benzene rings is 2. The topological polar surface area (TPSA) is 97.1 Å². The number of ether oxygens (including phenoxy) is 1. The first-order chi connectivity index (χ1) is 12.0. The van der Waals surface area contributed by atoms with Gasteiger partial charge >= 0.3 is 5.69 Å². The summed E-state index contributed by atoms with van der Waals surface area (Å²) < 4.78 is 5.17. The molecule has 130 valence electrons. The molecule has 0 heterocycles. The third kappa shape index (κ3) is 5.31. The molecule has 1 N–H and O–H groups in total. The molecule has 0 bridgehead atoms. The molecule has 1 amide bonds. The van der Waals surface area contributed by atoms with Crippen LogP contribution < -0.4 is 15.1 Å². The Morgan fingerprint density at radius 2 is 1.92 bits per heavy atom. The maximum atomic E-state index is 11.7. The zero-order valence-electron chi connectivity index (χ0n) is 13.9. The van der Waals surface area contributed by atoms with Gasteiger partial charge in [-0.1, -0.05) is 24.3 Å². The van der Waals surface area contributed by atoms with Crippen molar-refractivity contribution in [2.45, 2.75) is 0 Å². The van der Waals surface area contributed by atoms with Gasteiger partial charge in [-0.15, -0.1) is 0 Å². The number of carbonyl (C=O) groups excluding carboxylic acids is 1. The first-order valence-corrected chi connectivity index (χ1v) is 7.43. The fourth-order valence-corrected chi connectivity index (χ4v) is 1.94. The number of hydrogen-bond acceptors (Lipinski definition) is 6. The number of carbonyl (C=O) groups is 1. The van der Waals surface area contributed by atoms with E-state index in [-0.39, 0.29) is 18.0 Å². The maximum absolute atomic E-state index is 11.7. The second-order valence-corrected chi connectivity index (χ2v) is 5.29. The molecule has 25 heavy (non-hydrogen) atoms. The van der Waals surface area contributed by atoms with Crippen molar-refractivity contribution in [1.82, 2.24) is 5.43 Å². The van der Waals surface area contributed by atoms with Gasteiger partial charge in [0.1, 0.15) is 0 Å².